The summed E-state index contributed by atoms with van der Waals surface area (Å²) >= 11 is 0. The standard InChI is InChI=1S/C14H11F2NO/c15-13-7-4-8-14(16)12(13)10-17(18)9-11-5-2-1-3-6-11/h1-8,10H,9H2/b17-10-. The number of halogens is 2. The summed E-state index contributed by atoms with van der Waals surface area (Å²) in [6.45, 7) is 0.0502. The molecular weight excluding hydrogens is 236 g/mol. The van der Waals surface area contributed by atoms with E-state index in [4.69, 9.17) is 0 Å². The van der Waals surface area contributed by atoms with Gasteiger partial charge in [-0.15, -0.1) is 0 Å². The lowest BCUT2D eigenvalue weighted by Gasteiger charge is -2.05. The van der Waals surface area contributed by atoms with Gasteiger partial charge in [0.2, 0.25) is 0 Å². The van der Waals surface area contributed by atoms with Gasteiger partial charge in [-0.05, 0) is 12.1 Å². The van der Waals surface area contributed by atoms with Crippen LogP contribution in [0.3, 0.4) is 0 Å². The lowest BCUT2D eigenvalue weighted by molar-refractivity contribution is -0.469. The van der Waals surface area contributed by atoms with Gasteiger partial charge in [0.05, 0.1) is 0 Å². The Bertz CT molecular complexity index is 547. The number of hydrogen-bond donors (Lipinski definition) is 0. The maximum Gasteiger partial charge on any atom is 0.188 e. The molecule has 0 saturated heterocycles. The quantitative estimate of drug-likeness (QED) is 0.354. The molecule has 92 valence electrons. The van der Waals surface area contributed by atoms with Gasteiger partial charge in [-0.2, -0.15) is 0 Å². The molecule has 0 spiro atoms. The molecule has 0 aliphatic heterocycles. The molecule has 0 aromatic heterocycles. The van der Waals surface area contributed by atoms with Crippen molar-refractivity contribution in [2.24, 2.45) is 0 Å². The molecule has 18 heavy (non-hydrogen) atoms. The molecule has 0 fully saturated rings. The van der Waals surface area contributed by atoms with Gasteiger partial charge in [-0.25, -0.2) is 13.5 Å². The third-order valence-electron chi connectivity index (χ3n) is 2.45. The fourth-order valence-corrected chi connectivity index (χ4v) is 1.59. The Labute approximate surface area is 103 Å². The lowest BCUT2D eigenvalue weighted by Crippen LogP contribution is -2.08. The first-order valence-corrected chi connectivity index (χ1v) is 5.43. The zero-order valence-corrected chi connectivity index (χ0v) is 9.51. The van der Waals surface area contributed by atoms with Crippen molar-refractivity contribution in [1.29, 1.82) is 0 Å². The first-order chi connectivity index (χ1) is 8.66. The Morgan fingerprint density at radius 2 is 1.56 bits per heavy atom. The van der Waals surface area contributed by atoms with Crippen molar-refractivity contribution in [3.8, 4) is 0 Å². The van der Waals surface area contributed by atoms with Gasteiger partial charge in [0, 0.05) is 5.56 Å². The molecular formula is C14H11F2NO. The molecule has 2 aromatic carbocycles. The minimum atomic E-state index is -0.746. The van der Waals surface area contributed by atoms with Crippen LogP contribution in [0.4, 0.5) is 8.78 Å². The van der Waals surface area contributed by atoms with Crippen LogP contribution >= 0.6 is 0 Å². The monoisotopic (exact) mass is 247 g/mol. The van der Waals surface area contributed by atoms with Crippen LogP contribution in [0.2, 0.25) is 0 Å². The normalized spacial score (nSPS) is 11.6. The third kappa shape index (κ3) is 2.91. The van der Waals surface area contributed by atoms with E-state index in [-0.39, 0.29) is 12.1 Å². The zero-order chi connectivity index (χ0) is 13.0. The number of benzene rings is 2. The van der Waals surface area contributed by atoms with Crippen molar-refractivity contribution >= 4 is 6.21 Å². The van der Waals surface area contributed by atoms with E-state index in [9.17, 15) is 14.0 Å². The average molecular weight is 247 g/mol. The van der Waals surface area contributed by atoms with Gasteiger partial charge >= 0.3 is 0 Å². The second kappa shape index (κ2) is 5.40. The molecule has 4 heteroatoms. The molecule has 0 amide bonds. The highest BCUT2D eigenvalue weighted by Crippen LogP contribution is 2.09. The minimum Gasteiger partial charge on any atom is -0.624 e. The predicted molar refractivity (Wildman–Crippen MR) is 65.3 cm³/mol. The summed E-state index contributed by atoms with van der Waals surface area (Å²) in [6, 6.07) is 12.5. The van der Waals surface area contributed by atoms with E-state index in [1.807, 2.05) is 6.07 Å². The summed E-state index contributed by atoms with van der Waals surface area (Å²) in [7, 11) is 0. The van der Waals surface area contributed by atoms with Gasteiger partial charge in [0.15, 0.2) is 12.8 Å². The first kappa shape index (κ1) is 12.2. The van der Waals surface area contributed by atoms with Crippen molar-refractivity contribution in [2.45, 2.75) is 6.54 Å². The van der Waals surface area contributed by atoms with Crippen LogP contribution in [0.5, 0.6) is 0 Å². The summed E-state index contributed by atoms with van der Waals surface area (Å²) in [4.78, 5) is 0. The van der Waals surface area contributed by atoms with Gasteiger partial charge in [-0.1, -0.05) is 36.4 Å². The fourth-order valence-electron chi connectivity index (χ4n) is 1.59. The lowest BCUT2D eigenvalue weighted by atomic mass is 10.2. The van der Waals surface area contributed by atoms with Crippen LogP contribution in [0, 0.1) is 16.8 Å². The van der Waals surface area contributed by atoms with E-state index < -0.39 is 11.6 Å². The first-order valence-electron chi connectivity index (χ1n) is 5.43. The van der Waals surface area contributed by atoms with Crippen molar-refractivity contribution < 1.29 is 13.5 Å². The van der Waals surface area contributed by atoms with Gasteiger partial charge in [0.25, 0.3) is 0 Å². The molecule has 0 bridgehead atoms. The molecule has 0 atom stereocenters. The number of nitrogens with zero attached hydrogens (tertiary/aromatic N) is 1. The molecule has 2 nitrogen and oxygen atoms in total. The third-order valence-corrected chi connectivity index (χ3v) is 2.45. The summed E-state index contributed by atoms with van der Waals surface area (Å²) < 4.78 is 27.1. The summed E-state index contributed by atoms with van der Waals surface area (Å²) in [5.74, 6) is -1.49. The van der Waals surface area contributed by atoms with Gasteiger partial charge < -0.3 is 5.21 Å². The molecule has 0 N–H and O–H groups in total. The Kier molecular flexibility index (Phi) is 3.67. The van der Waals surface area contributed by atoms with E-state index in [0.717, 1.165) is 23.9 Å². The second-order valence-corrected chi connectivity index (χ2v) is 3.83. The van der Waals surface area contributed by atoms with E-state index in [1.165, 1.54) is 6.07 Å². The van der Waals surface area contributed by atoms with E-state index >= 15 is 0 Å². The molecule has 0 radical (unpaired) electrons. The smallest absolute Gasteiger partial charge is 0.188 e. The van der Waals surface area contributed by atoms with Crippen LogP contribution < -0.4 is 0 Å². The highest BCUT2D eigenvalue weighted by molar-refractivity contribution is 5.76. The number of rotatable bonds is 3. The van der Waals surface area contributed by atoms with E-state index in [2.05, 4.69) is 0 Å². The van der Waals surface area contributed by atoms with Crippen molar-refractivity contribution in [1.82, 2.24) is 0 Å². The van der Waals surface area contributed by atoms with Crippen LogP contribution in [0.1, 0.15) is 11.1 Å². The number of hydrogen-bond acceptors (Lipinski definition) is 1. The maximum absolute atomic E-state index is 13.3. The topological polar surface area (TPSA) is 26.1 Å². The second-order valence-electron chi connectivity index (χ2n) is 3.83. The Morgan fingerprint density at radius 3 is 2.17 bits per heavy atom. The van der Waals surface area contributed by atoms with Crippen LogP contribution in [0.25, 0.3) is 0 Å². The number of hydroxylamine groups is 1. The maximum atomic E-state index is 13.3. The minimum absolute atomic E-state index is 0.0502. The molecule has 0 heterocycles. The van der Waals surface area contributed by atoms with Gasteiger partial charge in [-0.3, -0.25) is 0 Å². The zero-order valence-electron chi connectivity index (χ0n) is 9.51. The molecule has 2 aromatic rings. The Morgan fingerprint density at radius 1 is 0.944 bits per heavy atom. The van der Waals surface area contributed by atoms with Crippen molar-refractivity contribution in [3.63, 3.8) is 0 Å². The SMILES string of the molecule is [O-]/[N+](=C\c1c(F)cccc1F)Cc1ccccc1. The Balaban J connectivity index is 2.23. The fraction of sp³-hybridized carbons (Fsp3) is 0.0714. The molecule has 0 aliphatic rings. The van der Waals surface area contributed by atoms with Gasteiger partial charge in [0.1, 0.15) is 17.2 Å². The van der Waals surface area contributed by atoms with Crippen molar-refractivity contribution in [3.05, 3.63) is 76.5 Å². The molecule has 0 aliphatic carbocycles. The molecule has 2 rings (SSSR count). The average Bonchev–Trinajstić information content (AvgIpc) is 2.35. The summed E-state index contributed by atoms with van der Waals surface area (Å²) in [5.41, 5.74) is 0.462. The van der Waals surface area contributed by atoms with Crippen molar-refractivity contribution in [2.75, 3.05) is 0 Å². The predicted octanol–water partition coefficient (Wildman–Crippen LogP) is 3.09. The van der Waals surface area contributed by atoms with E-state index in [0.29, 0.717) is 4.74 Å². The van der Waals surface area contributed by atoms with Crippen LogP contribution in [0.15, 0.2) is 48.5 Å². The van der Waals surface area contributed by atoms with Crippen LogP contribution in [-0.4, -0.2) is 11.0 Å². The van der Waals surface area contributed by atoms with Crippen LogP contribution in [-0.2, 0) is 6.54 Å². The highest BCUT2D eigenvalue weighted by Gasteiger charge is 2.09. The van der Waals surface area contributed by atoms with E-state index in [1.54, 1.807) is 24.3 Å². The largest absolute Gasteiger partial charge is 0.624 e. The molecule has 0 unspecified atom stereocenters. The summed E-state index contributed by atoms with van der Waals surface area (Å²) in [6.07, 6.45) is 0.928. The Hall–Kier alpha value is -2.23. The summed E-state index contributed by atoms with van der Waals surface area (Å²) in [5, 5.41) is 11.6. The highest BCUT2D eigenvalue weighted by atomic mass is 19.1. The molecule has 0 saturated carbocycles.